The Morgan fingerprint density at radius 1 is 1.32 bits per heavy atom. The van der Waals surface area contributed by atoms with Crippen LogP contribution in [0.25, 0.3) is 0 Å². The topological polar surface area (TPSA) is 60.2 Å². The highest BCUT2D eigenvalue weighted by molar-refractivity contribution is 9.10. The fraction of sp³-hybridized carbons (Fsp3) is 0.500. The number of halogens is 1. The van der Waals surface area contributed by atoms with Crippen LogP contribution in [-0.4, -0.2) is 17.3 Å². The van der Waals surface area contributed by atoms with E-state index in [9.17, 15) is 14.9 Å². The molecule has 0 N–H and O–H groups in total. The second kappa shape index (κ2) is 6.28. The maximum atomic E-state index is 12.0. The monoisotopic (exact) mass is 325 g/mol. The molecule has 4 nitrogen and oxygen atoms in total. The van der Waals surface area contributed by atoms with Gasteiger partial charge in [-0.25, -0.2) is 0 Å². The molecule has 0 bridgehead atoms. The Kier molecular flexibility index (Phi) is 4.69. The van der Waals surface area contributed by atoms with E-state index in [1.54, 1.807) is 0 Å². The summed E-state index contributed by atoms with van der Waals surface area (Å²) in [7, 11) is 0. The van der Waals surface area contributed by atoms with Gasteiger partial charge < -0.3 is 0 Å². The summed E-state index contributed by atoms with van der Waals surface area (Å²) in [6.45, 7) is -0.169. The third-order valence-electron chi connectivity index (χ3n) is 3.73. The van der Waals surface area contributed by atoms with E-state index >= 15 is 0 Å². The Balaban J connectivity index is 2.26. The molecule has 0 aliphatic heterocycles. The quantitative estimate of drug-likeness (QED) is 0.628. The molecule has 0 radical (unpaired) electrons. The zero-order valence-corrected chi connectivity index (χ0v) is 12.1. The predicted molar refractivity (Wildman–Crippen MR) is 75.7 cm³/mol. The SMILES string of the molecule is O=C1CCCC[C@@H]1[C@@H](C[N+](=O)[O-])c1ccc(Br)cc1. The molecule has 0 aromatic heterocycles. The lowest BCUT2D eigenvalue weighted by Gasteiger charge is -2.27. The van der Waals surface area contributed by atoms with Gasteiger partial charge in [0.2, 0.25) is 6.54 Å². The van der Waals surface area contributed by atoms with Crippen molar-refractivity contribution >= 4 is 21.7 Å². The molecular weight excluding hydrogens is 310 g/mol. The Morgan fingerprint density at radius 2 is 2.00 bits per heavy atom. The number of carbonyl (C=O) groups excluding carboxylic acids is 1. The largest absolute Gasteiger partial charge is 0.299 e. The molecular formula is C14H16BrNO3. The van der Waals surface area contributed by atoms with Gasteiger partial charge in [0.1, 0.15) is 5.78 Å². The molecule has 2 atom stereocenters. The van der Waals surface area contributed by atoms with E-state index in [0.29, 0.717) is 6.42 Å². The van der Waals surface area contributed by atoms with Crippen molar-refractivity contribution in [1.29, 1.82) is 0 Å². The zero-order valence-electron chi connectivity index (χ0n) is 10.5. The maximum Gasteiger partial charge on any atom is 0.211 e. The highest BCUT2D eigenvalue weighted by Crippen LogP contribution is 2.34. The second-order valence-corrected chi connectivity index (χ2v) is 5.91. The summed E-state index contributed by atoms with van der Waals surface area (Å²) >= 11 is 3.35. The first-order chi connectivity index (χ1) is 9.08. The van der Waals surface area contributed by atoms with Gasteiger partial charge in [-0.05, 0) is 30.5 Å². The highest BCUT2D eigenvalue weighted by Gasteiger charge is 2.34. The van der Waals surface area contributed by atoms with Gasteiger partial charge >= 0.3 is 0 Å². The summed E-state index contributed by atoms with van der Waals surface area (Å²) in [6, 6.07) is 7.49. The van der Waals surface area contributed by atoms with Gasteiger partial charge in [-0.3, -0.25) is 14.9 Å². The van der Waals surface area contributed by atoms with Gasteiger partial charge in [0.05, 0.1) is 5.92 Å². The van der Waals surface area contributed by atoms with Crippen LogP contribution in [0, 0.1) is 16.0 Å². The number of nitro groups is 1. The smallest absolute Gasteiger partial charge is 0.211 e. The minimum atomic E-state index is -0.311. The van der Waals surface area contributed by atoms with Crippen molar-refractivity contribution in [2.24, 2.45) is 5.92 Å². The van der Waals surface area contributed by atoms with Crippen LogP contribution < -0.4 is 0 Å². The minimum absolute atomic E-state index is 0.169. The molecule has 0 spiro atoms. The number of carbonyl (C=O) groups is 1. The Labute approximate surface area is 120 Å². The third kappa shape index (κ3) is 3.62. The van der Waals surface area contributed by atoms with Crippen molar-refractivity contribution in [2.45, 2.75) is 31.6 Å². The zero-order chi connectivity index (χ0) is 13.8. The van der Waals surface area contributed by atoms with E-state index in [4.69, 9.17) is 0 Å². The molecule has 0 unspecified atom stereocenters. The van der Waals surface area contributed by atoms with Gasteiger partial charge in [0.15, 0.2) is 0 Å². The van der Waals surface area contributed by atoms with Crippen LogP contribution in [0.2, 0.25) is 0 Å². The number of hydrogen-bond donors (Lipinski definition) is 0. The number of rotatable bonds is 4. The van der Waals surface area contributed by atoms with E-state index in [1.165, 1.54) is 0 Å². The number of Topliss-reactive ketones (excluding diaryl/α,β-unsaturated/α-hetero) is 1. The molecule has 1 aliphatic rings. The summed E-state index contributed by atoms with van der Waals surface area (Å²) in [6.07, 6.45) is 3.24. The van der Waals surface area contributed by atoms with Crippen molar-refractivity contribution in [1.82, 2.24) is 0 Å². The van der Waals surface area contributed by atoms with Crippen LogP contribution >= 0.6 is 15.9 Å². The van der Waals surface area contributed by atoms with Crippen LogP contribution in [0.5, 0.6) is 0 Å². The lowest BCUT2D eigenvalue weighted by molar-refractivity contribution is -0.484. The predicted octanol–water partition coefficient (Wildman–Crippen LogP) is 3.57. The first kappa shape index (κ1) is 14.2. The van der Waals surface area contributed by atoms with Crippen molar-refractivity contribution in [3.05, 3.63) is 44.4 Å². The number of hydrogen-bond acceptors (Lipinski definition) is 3. The first-order valence-electron chi connectivity index (χ1n) is 6.48. The lowest BCUT2D eigenvalue weighted by atomic mass is 9.76. The average Bonchev–Trinajstić information content (AvgIpc) is 2.38. The van der Waals surface area contributed by atoms with Crippen LogP contribution in [-0.2, 0) is 4.79 Å². The van der Waals surface area contributed by atoms with Gasteiger partial charge in [0, 0.05) is 21.7 Å². The molecule has 1 saturated carbocycles. The molecule has 0 heterocycles. The van der Waals surface area contributed by atoms with Gasteiger partial charge in [-0.2, -0.15) is 0 Å². The van der Waals surface area contributed by atoms with Gasteiger partial charge in [0.25, 0.3) is 0 Å². The third-order valence-corrected chi connectivity index (χ3v) is 4.26. The lowest BCUT2D eigenvalue weighted by Crippen LogP contribution is -2.30. The summed E-state index contributed by atoms with van der Waals surface area (Å²) in [5.74, 6) is -0.308. The van der Waals surface area contributed by atoms with E-state index in [1.807, 2.05) is 24.3 Å². The normalized spacial score (nSPS) is 21.1. The molecule has 1 aromatic carbocycles. The standard InChI is InChI=1S/C14H16BrNO3/c15-11-7-5-10(6-8-11)13(9-16(18)19)12-3-1-2-4-14(12)17/h5-8,12-13H,1-4,9H2/t12-,13+/m1/s1. The average molecular weight is 326 g/mol. The molecule has 5 heteroatoms. The number of nitrogens with zero attached hydrogens (tertiary/aromatic N) is 1. The van der Waals surface area contributed by atoms with Crippen LogP contribution in [0.4, 0.5) is 0 Å². The Hall–Kier alpha value is -1.23. The summed E-state index contributed by atoms with van der Waals surface area (Å²) < 4.78 is 0.936. The second-order valence-electron chi connectivity index (χ2n) is 4.99. The summed E-state index contributed by atoms with van der Waals surface area (Å²) in [5.41, 5.74) is 0.889. The van der Waals surface area contributed by atoms with E-state index in [-0.39, 0.29) is 29.1 Å². The van der Waals surface area contributed by atoms with Gasteiger partial charge in [-0.1, -0.05) is 34.5 Å². The molecule has 1 aromatic rings. The number of benzene rings is 1. The van der Waals surface area contributed by atoms with Crippen LogP contribution in [0.15, 0.2) is 28.7 Å². The molecule has 1 fully saturated rings. The van der Waals surface area contributed by atoms with E-state index in [0.717, 1.165) is 29.3 Å². The summed E-state index contributed by atoms with van der Waals surface area (Å²) in [5, 5.41) is 10.9. The Morgan fingerprint density at radius 3 is 2.58 bits per heavy atom. The fourth-order valence-corrected chi connectivity index (χ4v) is 3.04. The van der Waals surface area contributed by atoms with Crippen molar-refractivity contribution in [2.75, 3.05) is 6.54 Å². The highest BCUT2D eigenvalue weighted by atomic mass is 79.9. The van der Waals surface area contributed by atoms with Gasteiger partial charge in [-0.15, -0.1) is 0 Å². The maximum absolute atomic E-state index is 12.0. The molecule has 0 saturated heterocycles. The minimum Gasteiger partial charge on any atom is -0.299 e. The first-order valence-corrected chi connectivity index (χ1v) is 7.27. The molecule has 0 amide bonds. The molecule has 19 heavy (non-hydrogen) atoms. The molecule has 102 valence electrons. The fourth-order valence-electron chi connectivity index (χ4n) is 2.77. The molecule has 1 aliphatic carbocycles. The summed E-state index contributed by atoms with van der Waals surface area (Å²) in [4.78, 5) is 22.6. The van der Waals surface area contributed by atoms with Crippen molar-refractivity contribution < 1.29 is 9.72 Å². The van der Waals surface area contributed by atoms with Crippen LogP contribution in [0.3, 0.4) is 0 Å². The van der Waals surface area contributed by atoms with Crippen LogP contribution in [0.1, 0.15) is 37.2 Å². The Bertz CT molecular complexity index is 472. The van der Waals surface area contributed by atoms with E-state index < -0.39 is 0 Å². The van der Waals surface area contributed by atoms with Crippen molar-refractivity contribution in [3.63, 3.8) is 0 Å². The molecule has 2 rings (SSSR count). The number of ketones is 1. The van der Waals surface area contributed by atoms with E-state index in [2.05, 4.69) is 15.9 Å². The van der Waals surface area contributed by atoms with Crippen molar-refractivity contribution in [3.8, 4) is 0 Å².